The molecule has 0 unspecified atom stereocenters. The molecule has 0 saturated heterocycles. The molecule has 0 aliphatic carbocycles. The molecule has 8 nitrogen and oxygen atoms in total. The molecule has 0 spiro atoms. The maximum absolute atomic E-state index is 13.0. The number of benzene rings is 2. The maximum Gasteiger partial charge on any atom is 0.305 e. The van der Waals surface area contributed by atoms with Gasteiger partial charge >= 0.3 is 5.97 Å². The van der Waals surface area contributed by atoms with E-state index in [0.29, 0.717) is 34.6 Å². The fourth-order valence-electron chi connectivity index (χ4n) is 3.07. The normalized spacial score (nSPS) is 14.6. The van der Waals surface area contributed by atoms with Gasteiger partial charge in [0.1, 0.15) is 12.4 Å². The lowest BCUT2D eigenvalue weighted by atomic mass is 10.1. The van der Waals surface area contributed by atoms with Crippen LogP contribution < -0.4 is 14.4 Å². The van der Waals surface area contributed by atoms with Crippen LogP contribution in [0.3, 0.4) is 0 Å². The van der Waals surface area contributed by atoms with E-state index in [2.05, 4.69) is 20.7 Å². The average molecular weight is 483 g/mol. The number of rotatable bonds is 6. The number of hydrogen-bond donors (Lipinski definition) is 2. The number of amides is 1. The Morgan fingerprint density at radius 2 is 2.03 bits per heavy atom. The van der Waals surface area contributed by atoms with Crippen LogP contribution in [0.25, 0.3) is 0 Å². The van der Waals surface area contributed by atoms with Gasteiger partial charge in [0.2, 0.25) is 15.9 Å². The summed E-state index contributed by atoms with van der Waals surface area (Å²) < 4.78 is 34.6. The molecule has 1 aliphatic rings. The predicted octanol–water partition coefficient (Wildman–Crippen LogP) is 2.69. The van der Waals surface area contributed by atoms with Crippen molar-refractivity contribution in [2.45, 2.75) is 24.3 Å². The molecule has 2 N–H and O–H groups in total. The molecule has 0 fully saturated rings. The van der Waals surface area contributed by atoms with Crippen molar-refractivity contribution >= 4 is 43.5 Å². The minimum absolute atomic E-state index is 0.0848. The fraction of sp³-hybridized carbons (Fsp3) is 0.263. The van der Waals surface area contributed by atoms with E-state index >= 15 is 0 Å². The van der Waals surface area contributed by atoms with E-state index in [9.17, 15) is 23.1 Å². The van der Waals surface area contributed by atoms with Crippen LogP contribution in [0.1, 0.15) is 24.9 Å². The Hall–Kier alpha value is -2.43. The first kappa shape index (κ1) is 21.3. The smallest absolute Gasteiger partial charge is 0.305 e. The van der Waals surface area contributed by atoms with Crippen molar-refractivity contribution in [3.05, 3.63) is 52.5 Å². The summed E-state index contributed by atoms with van der Waals surface area (Å²) in [5, 5.41) is 9.23. The van der Waals surface area contributed by atoms with Crippen molar-refractivity contribution in [3.63, 3.8) is 0 Å². The van der Waals surface area contributed by atoms with Crippen molar-refractivity contribution in [1.29, 1.82) is 0 Å². The largest absolute Gasteiger partial charge is 0.490 e. The molecule has 1 aliphatic heterocycles. The van der Waals surface area contributed by atoms with E-state index in [1.807, 2.05) is 0 Å². The molecule has 2 aromatic carbocycles. The quantitative estimate of drug-likeness (QED) is 0.654. The van der Waals surface area contributed by atoms with Crippen molar-refractivity contribution in [1.82, 2.24) is 4.72 Å². The second-order valence-electron chi connectivity index (χ2n) is 6.48. The zero-order valence-corrected chi connectivity index (χ0v) is 17.9. The number of carboxylic acids is 1. The molecule has 1 amide bonds. The van der Waals surface area contributed by atoms with Crippen molar-refractivity contribution in [2.24, 2.45) is 0 Å². The molecular formula is C19H19BrN2O6S. The van der Waals surface area contributed by atoms with Gasteiger partial charge in [0.25, 0.3) is 0 Å². The highest BCUT2D eigenvalue weighted by Gasteiger charge is 2.27. The number of halogens is 1. The SMILES string of the molecule is CC(=O)N1CCOc2ccc(S(=O)(=O)N[C@H](CC(=O)O)c3cccc(Br)c3)cc21. The monoisotopic (exact) mass is 482 g/mol. The van der Waals surface area contributed by atoms with Gasteiger partial charge in [-0.1, -0.05) is 28.1 Å². The first-order chi connectivity index (χ1) is 13.7. The van der Waals surface area contributed by atoms with Crippen molar-refractivity contribution in [2.75, 3.05) is 18.1 Å². The number of carboxylic acid groups (broad SMARTS) is 1. The highest BCUT2D eigenvalue weighted by atomic mass is 79.9. The number of carbonyl (C=O) groups is 2. The summed E-state index contributed by atoms with van der Waals surface area (Å²) >= 11 is 3.31. The predicted molar refractivity (Wildman–Crippen MR) is 109 cm³/mol. The van der Waals surface area contributed by atoms with Crippen molar-refractivity contribution in [3.8, 4) is 5.75 Å². The van der Waals surface area contributed by atoms with Gasteiger partial charge in [-0.15, -0.1) is 0 Å². The number of carbonyl (C=O) groups excluding carboxylic acids is 1. The van der Waals surface area contributed by atoms with Gasteiger partial charge in [-0.25, -0.2) is 13.1 Å². The van der Waals surface area contributed by atoms with Crippen LogP contribution in [0.15, 0.2) is 51.8 Å². The Morgan fingerprint density at radius 1 is 1.28 bits per heavy atom. The number of nitrogens with zero attached hydrogens (tertiary/aromatic N) is 1. The molecule has 10 heteroatoms. The summed E-state index contributed by atoms with van der Waals surface area (Å²) in [6.45, 7) is 2.03. The van der Waals surface area contributed by atoms with Gasteiger partial charge in [0.15, 0.2) is 0 Å². The molecule has 29 heavy (non-hydrogen) atoms. The highest BCUT2D eigenvalue weighted by molar-refractivity contribution is 9.10. The minimum atomic E-state index is -4.07. The molecule has 0 radical (unpaired) electrons. The Balaban J connectivity index is 1.96. The molecule has 154 valence electrons. The van der Waals surface area contributed by atoms with E-state index in [1.54, 1.807) is 24.3 Å². The van der Waals surface area contributed by atoms with Gasteiger partial charge in [0, 0.05) is 11.4 Å². The third-order valence-electron chi connectivity index (χ3n) is 4.41. The van der Waals surface area contributed by atoms with E-state index in [0.717, 1.165) is 0 Å². The summed E-state index contributed by atoms with van der Waals surface area (Å²) in [4.78, 5) is 24.5. The Labute approximate surface area is 176 Å². The molecule has 1 atom stereocenters. The molecule has 2 aromatic rings. The lowest BCUT2D eigenvalue weighted by Gasteiger charge is -2.29. The van der Waals surface area contributed by atoms with E-state index < -0.39 is 28.5 Å². The van der Waals surface area contributed by atoms with Crippen LogP contribution in [-0.4, -0.2) is 38.6 Å². The lowest BCUT2D eigenvalue weighted by Crippen LogP contribution is -2.36. The molecule has 0 bridgehead atoms. The lowest BCUT2D eigenvalue weighted by molar-refractivity contribution is -0.137. The Bertz CT molecular complexity index is 1060. The number of fused-ring (bicyclic) bond motifs is 1. The number of aliphatic carboxylic acids is 1. The Morgan fingerprint density at radius 3 is 2.69 bits per heavy atom. The topological polar surface area (TPSA) is 113 Å². The minimum Gasteiger partial charge on any atom is -0.490 e. The zero-order chi connectivity index (χ0) is 21.2. The van der Waals surface area contributed by atoms with Gasteiger partial charge in [-0.2, -0.15) is 0 Å². The maximum atomic E-state index is 13.0. The average Bonchev–Trinajstić information content (AvgIpc) is 2.66. The number of hydrogen-bond acceptors (Lipinski definition) is 5. The van der Waals surface area contributed by atoms with Gasteiger partial charge in [0.05, 0.1) is 29.6 Å². The highest BCUT2D eigenvalue weighted by Crippen LogP contribution is 2.34. The van der Waals surface area contributed by atoms with Crippen LogP contribution in [-0.2, 0) is 19.6 Å². The number of sulfonamides is 1. The second-order valence-corrected chi connectivity index (χ2v) is 9.11. The summed E-state index contributed by atoms with van der Waals surface area (Å²) in [6.07, 6.45) is -0.427. The third kappa shape index (κ3) is 4.95. The summed E-state index contributed by atoms with van der Waals surface area (Å²) in [5.41, 5.74) is 0.876. The first-order valence-electron chi connectivity index (χ1n) is 8.72. The molecule has 0 aromatic heterocycles. The number of anilines is 1. The Kier molecular flexibility index (Phi) is 6.25. The summed E-state index contributed by atoms with van der Waals surface area (Å²) in [6, 6.07) is 10.0. The standard InChI is InChI=1S/C19H19BrN2O6S/c1-12(23)22-7-8-28-18-6-5-15(10-17(18)22)29(26,27)21-16(11-19(24)25)13-3-2-4-14(20)9-13/h2-6,9-10,16,21H,7-8,11H2,1H3,(H,24,25)/t16-/m1/s1. The van der Waals surface area contributed by atoms with Gasteiger partial charge in [-0.05, 0) is 35.9 Å². The third-order valence-corrected chi connectivity index (χ3v) is 6.37. The zero-order valence-electron chi connectivity index (χ0n) is 15.5. The van der Waals surface area contributed by atoms with Crippen molar-refractivity contribution < 1.29 is 27.9 Å². The summed E-state index contributed by atoms with van der Waals surface area (Å²) in [5.74, 6) is -0.950. The van der Waals surface area contributed by atoms with Crippen LogP contribution >= 0.6 is 15.9 Å². The molecule has 3 rings (SSSR count). The molecule has 0 saturated carbocycles. The van der Waals surface area contributed by atoms with Gasteiger partial charge in [-0.3, -0.25) is 9.59 Å². The second kappa shape index (κ2) is 8.52. The van der Waals surface area contributed by atoms with Crippen LogP contribution in [0.5, 0.6) is 5.75 Å². The number of nitrogens with one attached hydrogen (secondary N) is 1. The van der Waals surface area contributed by atoms with E-state index in [-0.39, 0.29) is 10.8 Å². The van der Waals surface area contributed by atoms with Crippen LogP contribution in [0.4, 0.5) is 5.69 Å². The van der Waals surface area contributed by atoms with Crippen LogP contribution in [0, 0.1) is 0 Å². The molecule has 1 heterocycles. The number of ether oxygens (including phenoxy) is 1. The fourth-order valence-corrected chi connectivity index (χ4v) is 4.73. The van der Waals surface area contributed by atoms with Gasteiger partial charge < -0.3 is 14.7 Å². The summed E-state index contributed by atoms with van der Waals surface area (Å²) in [7, 11) is -4.07. The molecular weight excluding hydrogens is 464 g/mol. The van der Waals surface area contributed by atoms with E-state index in [4.69, 9.17) is 4.74 Å². The van der Waals surface area contributed by atoms with E-state index in [1.165, 1.54) is 30.0 Å². The first-order valence-corrected chi connectivity index (χ1v) is 11.0. The van der Waals surface area contributed by atoms with Crippen LogP contribution in [0.2, 0.25) is 0 Å².